The molecule has 1 N–H and O–H groups in total. The third-order valence-corrected chi connectivity index (χ3v) is 4.54. The van der Waals surface area contributed by atoms with E-state index >= 15 is 0 Å². The third-order valence-electron chi connectivity index (χ3n) is 4.54. The zero-order valence-corrected chi connectivity index (χ0v) is 17.4. The van der Waals surface area contributed by atoms with E-state index in [0.717, 1.165) is 29.9 Å². The predicted molar refractivity (Wildman–Crippen MR) is 122 cm³/mol. The van der Waals surface area contributed by atoms with Gasteiger partial charge >= 0.3 is 0 Å². The first-order valence-corrected chi connectivity index (χ1v) is 10.1. The summed E-state index contributed by atoms with van der Waals surface area (Å²) in [7, 11) is 0. The maximum Gasteiger partial charge on any atom is 0.269 e. The predicted octanol–water partition coefficient (Wildman–Crippen LogP) is 5.45. The van der Waals surface area contributed by atoms with E-state index in [1.54, 1.807) is 18.3 Å². The van der Waals surface area contributed by atoms with Crippen LogP contribution in [0.25, 0.3) is 0 Å². The van der Waals surface area contributed by atoms with Crippen molar-refractivity contribution >= 4 is 17.6 Å². The van der Waals surface area contributed by atoms with Crippen LogP contribution in [-0.4, -0.2) is 24.4 Å². The van der Waals surface area contributed by atoms with Gasteiger partial charge in [-0.15, -0.1) is 0 Å². The minimum absolute atomic E-state index is 0.0372. The Bertz CT molecular complexity index is 1000. The van der Waals surface area contributed by atoms with Crippen LogP contribution >= 0.6 is 0 Å². The lowest BCUT2D eigenvalue weighted by Crippen LogP contribution is -2.06. The summed E-state index contributed by atoms with van der Waals surface area (Å²) in [5.74, 6) is 1.59. The van der Waals surface area contributed by atoms with E-state index in [2.05, 4.69) is 29.6 Å². The highest BCUT2D eigenvalue weighted by Gasteiger charge is 2.04. The zero-order chi connectivity index (χ0) is 21.9. The Kier molecular flexibility index (Phi) is 7.99. The van der Waals surface area contributed by atoms with Gasteiger partial charge in [-0.2, -0.15) is 5.10 Å². The first-order valence-electron chi connectivity index (χ1n) is 10.1. The SMILES string of the molecule is CCc1ccc(OCCCOc2ccccc2/C=N/Nc2ccc([N+](=O)[O-])cc2)cc1. The second-order valence-electron chi connectivity index (χ2n) is 6.76. The van der Waals surface area contributed by atoms with Crippen LogP contribution in [0.15, 0.2) is 77.9 Å². The fourth-order valence-corrected chi connectivity index (χ4v) is 2.81. The number of hydrogen-bond acceptors (Lipinski definition) is 6. The molecule has 0 radical (unpaired) electrons. The topological polar surface area (TPSA) is 86.0 Å². The molecule has 0 aromatic heterocycles. The molecule has 0 spiro atoms. The third kappa shape index (κ3) is 6.85. The standard InChI is InChI=1S/C24H25N3O4/c1-2-19-8-14-23(15-9-19)30-16-5-17-31-24-7-4-3-6-20(24)18-25-26-21-10-12-22(13-11-21)27(28)29/h3-4,6-15,18,26H,2,5,16-17H2,1H3/b25-18+. The van der Waals surface area contributed by atoms with Gasteiger partial charge < -0.3 is 9.47 Å². The van der Waals surface area contributed by atoms with Crippen molar-refractivity contribution in [1.29, 1.82) is 0 Å². The molecule has 3 aromatic carbocycles. The maximum atomic E-state index is 10.7. The zero-order valence-electron chi connectivity index (χ0n) is 17.4. The van der Waals surface area contributed by atoms with Crippen molar-refractivity contribution in [3.8, 4) is 11.5 Å². The van der Waals surface area contributed by atoms with E-state index in [-0.39, 0.29) is 5.69 Å². The number of nitrogens with one attached hydrogen (secondary N) is 1. The summed E-state index contributed by atoms with van der Waals surface area (Å²) < 4.78 is 11.6. The van der Waals surface area contributed by atoms with Gasteiger partial charge in [-0.1, -0.05) is 31.2 Å². The summed E-state index contributed by atoms with van der Waals surface area (Å²) in [6, 6.07) is 21.8. The molecule has 160 valence electrons. The van der Waals surface area contributed by atoms with Gasteiger partial charge in [0.05, 0.1) is 30.0 Å². The highest BCUT2D eigenvalue weighted by Crippen LogP contribution is 2.18. The van der Waals surface area contributed by atoms with Gasteiger partial charge in [-0.25, -0.2) is 0 Å². The molecule has 3 aromatic rings. The molecule has 0 aliphatic rings. The summed E-state index contributed by atoms with van der Waals surface area (Å²) in [5.41, 5.74) is 5.67. The van der Waals surface area contributed by atoms with Crippen LogP contribution in [0.4, 0.5) is 11.4 Å². The molecule has 0 atom stereocenters. The van der Waals surface area contributed by atoms with Gasteiger partial charge in [0.1, 0.15) is 11.5 Å². The van der Waals surface area contributed by atoms with Crippen LogP contribution < -0.4 is 14.9 Å². The minimum Gasteiger partial charge on any atom is -0.493 e. The average molecular weight is 419 g/mol. The lowest BCUT2D eigenvalue weighted by atomic mass is 10.2. The number of para-hydroxylation sites is 1. The van der Waals surface area contributed by atoms with E-state index in [1.165, 1.54) is 17.7 Å². The summed E-state index contributed by atoms with van der Waals surface area (Å²) in [6.07, 6.45) is 3.42. The van der Waals surface area contributed by atoms with Crippen LogP contribution in [0, 0.1) is 10.1 Å². The van der Waals surface area contributed by atoms with Gasteiger partial charge in [-0.3, -0.25) is 15.5 Å². The van der Waals surface area contributed by atoms with Gasteiger partial charge in [0.25, 0.3) is 5.69 Å². The highest BCUT2D eigenvalue weighted by atomic mass is 16.6. The molecule has 0 saturated carbocycles. The fraction of sp³-hybridized carbons (Fsp3) is 0.208. The van der Waals surface area contributed by atoms with Crippen LogP contribution in [-0.2, 0) is 6.42 Å². The molecule has 7 heteroatoms. The summed E-state index contributed by atoms with van der Waals surface area (Å²) in [6.45, 7) is 3.22. The molecule has 0 saturated heterocycles. The van der Waals surface area contributed by atoms with Crippen LogP contribution in [0.1, 0.15) is 24.5 Å². The molecule has 0 unspecified atom stereocenters. The number of hydrogen-bond donors (Lipinski definition) is 1. The summed E-state index contributed by atoms with van der Waals surface area (Å²) in [5, 5.41) is 14.9. The van der Waals surface area contributed by atoms with Crippen LogP contribution in [0.5, 0.6) is 11.5 Å². The van der Waals surface area contributed by atoms with Crippen molar-refractivity contribution in [1.82, 2.24) is 0 Å². The number of hydrazone groups is 1. The fourth-order valence-electron chi connectivity index (χ4n) is 2.81. The first kappa shape index (κ1) is 21.8. The lowest BCUT2D eigenvalue weighted by Gasteiger charge is -2.10. The van der Waals surface area contributed by atoms with Crippen molar-refractivity contribution < 1.29 is 14.4 Å². The number of rotatable bonds is 11. The molecule has 7 nitrogen and oxygen atoms in total. The van der Waals surface area contributed by atoms with E-state index in [0.29, 0.717) is 18.9 Å². The monoisotopic (exact) mass is 419 g/mol. The maximum absolute atomic E-state index is 10.7. The Morgan fingerprint density at radius 3 is 2.39 bits per heavy atom. The Balaban J connectivity index is 1.45. The molecule has 0 amide bonds. The van der Waals surface area contributed by atoms with Gasteiger partial charge in [0, 0.05) is 24.1 Å². The van der Waals surface area contributed by atoms with Crippen molar-refractivity contribution in [3.05, 3.63) is 94.0 Å². The number of benzene rings is 3. The van der Waals surface area contributed by atoms with Gasteiger partial charge in [0.15, 0.2) is 0 Å². The van der Waals surface area contributed by atoms with E-state index in [1.807, 2.05) is 36.4 Å². The van der Waals surface area contributed by atoms with Crippen LogP contribution in [0.3, 0.4) is 0 Å². The molecular formula is C24H25N3O4. The van der Waals surface area contributed by atoms with Gasteiger partial charge in [0.2, 0.25) is 0 Å². The Morgan fingerprint density at radius 1 is 0.968 bits per heavy atom. The largest absolute Gasteiger partial charge is 0.493 e. The number of nitro benzene ring substituents is 1. The minimum atomic E-state index is -0.437. The Hall–Kier alpha value is -3.87. The number of nitro groups is 1. The smallest absolute Gasteiger partial charge is 0.269 e. The molecular weight excluding hydrogens is 394 g/mol. The van der Waals surface area contributed by atoms with Crippen molar-refractivity contribution in [3.63, 3.8) is 0 Å². The number of ether oxygens (including phenoxy) is 2. The molecule has 0 aliphatic carbocycles. The Labute approximate surface area is 181 Å². The summed E-state index contributed by atoms with van der Waals surface area (Å²) in [4.78, 5) is 10.3. The average Bonchev–Trinajstić information content (AvgIpc) is 2.80. The van der Waals surface area contributed by atoms with Crippen molar-refractivity contribution in [2.75, 3.05) is 18.6 Å². The number of nitrogens with zero attached hydrogens (tertiary/aromatic N) is 2. The molecule has 0 fully saturated rings. The second kappa shape index (κ2) is 11.3. The van der Waals surface area contributed by atoms with Crippen molar-refractivity contribution in [2.24, 2.45) is 5.10 Å². The molecule has 0 heterocycles. The number of aryl methyl sites for hydroxylation is 1. The first-order chi connectivity index (χ1) is 15.2. The normalized spacial score (nSPS) is 10.7. The molecule has 0 bridgehead atoms. The summed E-state index contributed by atoms with van der Waals surface area (Å²) >= 11 is 0. The van der Waals surface area contributed by atoms with E-state index < -0.39 is 4.92 Å². The number of anilines is 1. The van der Waals surface area contributed by atoms with Gasteiger partial charge in [-0.05, 0) is 48.4 Å². The number of non-ortho nitro benzene ring substituents is 1. The van der Waals surface area contributed by atoms with E-state index in [9.17, 15) is 10.1 Å². The molecule has 31 heavy (non-hydrogen) atoms. The quantitative estimate of drug-likeness (QED) is 0.193. The Morgan fingerprint density at radius 2 is 1.68 bits per heavy atom. The van der Waals surface area contributed by atoms with E-state index in [4.69, 9.17) is 9.47 Å². The molecule has 0 aliphatic heterocycles. The van der Waals surface area contributed by atoms with Crippen molar-refractivity contribution in [2.45, 2.75) is 19.8 Å². The highest BCUT2D eigenvalue weighted by molar-refractivity contribution is 5.84. The lowest BCUT2D eigenvalue weighted by molar-refractivity contribution is -0.384. The van der Waals surface area contributed by atoms with Crippen LogP contribution in [0.2, 0.25) is 0 Å². The second-order valence-corrected chi connectivity index (χ2v) is 6.76. The molecule has 3 rings (SSSR count).